The van der Waals surface area contributed by atoms with Crippen molar-refractivity contribution in [2.45, 2.75) is 123 Å². The maximum Gasteiger partial charge on any atom is 0.335 e. The Morgan fingerprint density at radius 2 is 1.08 bits per heavy atom. The lowest BCUT2D eigenvalue weighted by Crippen LogP contribution is -2.20. The Morgan fingerprint density at radius 1 is 0.720 bits per heavy atom. The Kier molecular flexibility index (Phi) is 20.1. The lowest BCUT2D eigenvalue weighted by Gasteiger charge is -2.09. The van der Waals surface area contributed by atoms with Crippen LogP contribution in [0.4, 0.5) is 0 Å². The van der Waals surface area contributed by atoms with E-state index < -0.39 is 6.10 Å². The van der Waals surface area contributed by atoms with Crippen LogP contribution >= 0.6 is 9.47 Å². The van der Waals surface area contributed by atoms with Gasteiger partial charge in [0.25, 0.3) is 0 Å². The summed E-state index contributed by atoms with van der Waals surface area (Å²) in [6.07, 6.45) is 21.2. The molecule has 0 aromatic rings. The molecule has 0 spiro atoms. The predicted octanol–water partition coefficient (Wildman–Crippen LogP) is 6.99. The van der Waals surface area contributed by atoms with Crippen LogP contribution in [-0.2, 0) is 14.1 Å². The molecule has 2 atom stereocenters. The van der Waals surface area contributed by atoms with Crippen LogP contribution < -0.4 is 0 Å². The molecule has 0 saturated carbocycles. The van der Waals surface area contributed by atoms with Gasteiger partial charge < -0.3 is 9.26 Å². The third-order valence-corrected chi connectivity index (χ3v) is 5.19. The van der Waals surface area contributed by atoms with Gasteiger partial charge in [-0.2, -0.15) is 0 Å². The van der Waals surface area contributed by atoms with E-state index >= 15 is 0 Å². The molecule has 0 aliphatic heterocycles. The normalized spacial score (nSPS) is 12.3. The summed E-state index contributed by atoms with van der Waals surface area (Å²) in [4.78, 5) is 11.4. The van der Waals surface area contributed by atoms with E-state index in [9.17, 15) is 4.79 Å². The fourth-order valence-corrected chi connectivity index (χ4v) is 3.11. The van der Waals surface area contributed by atoms with Crippen LogP contribution in [0, 0.1) is 0 Å². The molecule has 0 N–H and O–H groups in total. The molecule has 0 radical (unpaired) electrons. The molecule has 0 aromatic carbocycles. The van der Waals surface area contributed by atoms with Crippen LogP contribution in [0.2, 0.25) is 0 Å². The number of unbranched alkanes of at least 4 members (excludes halogenated alkanes) is 15. The van der Waals surface area contributed by atoms with Crippen molar-refractivity contribution in [3.05, 3.63) is 0 Å². The molecule has 0 bridgehead atoms. The summed E-state index contributed by atoms with van der Waals surface area (Å²) in [5, 5.41) is 0. The number of rotatable bonds is 19. The Bertz CT molecular complexity index is 284. The molecule has 0 aliphatic carbocycles. The lowest BCUT2D eigenvalue weighted by atomic mass is 10.0. The van der Waals surface area contributed by atoms with Crippen molar-refractivity contribution < 1.29 is 14.1 Å². The SMILES string of the molecule is CCCCCCCCCCCCCCCCCCOC(=O)C(C)OP. The molecular weight excluding hydrogens is 331 g/mol. The van der Waals surface area contributed by atoms with Gasteiger partial charge in [0.05, 0.1) is 6.61 Å². The minimum absolute atomic E-state index is 0.268. The first-order valence-electron chi connectivity index (χ1n) is 10.7. The summed E-state index contributed by atoms with van der Waals surface area (Å²) in [6.45, 7) is 4.50. The van der Waals surface area contributed by atoms with Gasteiger partial charge >= 0.3 is 5.97 Å². The first-order chi connectivity index (χ1) is 12.2. The second-order valence-electron chi connectivity index (χ2n) is 7.25. The molecule has 0 aliphatic rings. The second-order valence-corrected chi connectivity index (χ2v) is 7.52. The lowest BCUT2D eigenvalue weighted by molar-refractivity contribution is -0.150. The average molecular weight is 375 g/mol. The van der Waals surface area contributed by atoms with Gasteiger partial charge in [-0.15, -0.1) is 0 Å². The quantitative estimate of drug-likeness (QED) is 0.139. The fraction of sp³-hybridized carbons (Fsp3) is 0.952. The standard InChI is InChI=1S/C21H43O3P/c1-3-4-5-6-7-8-9-10-11-12-13-14-15-16-17-18-19-23-21(22)20(2)24-25/h20H,3-19,25H2,1-2H3. The van der Waals surface area contributed by atoms with Crippen LogP contribution in [0.1, 0.15) is 117 Å². The van der Waals surface area contributed by atoms with Gasteiger partial charge in [-0.1, -0.05) is 103 Å². The first kappa shape index (κ1) is 24.9. The van der Waals surface area contributed by atoms with Gasteiger partial charge in [0.15, 0.2) is 6.10 Å². The van der Waals surface area contributed by atoms with Crippen molar-refractivity contribution in [3.63, 3.8) is 0 Å². The summed E-state index contributed by atoms with van der Waals surface area (Å²) in [5.74, 6) is -0.268. The Balaban J connectivity index is 3.08. The van der Waals surface area contributed by atoms with E-state index in [0.29, 0.717) is 6.61 Å². The monoisotopic (exact) mass is 374 g/mol. The van der Waals surface area contributed by atoms with E-state index in [-0.39, 0.29) is 5.97 Å². The van der Waals surface area contributed by atoms with Gasteiger partial charge in [-0.25, -0.2) is 4.79 Å². The minimum atomic E-state index is -0.481. The number of carbonyl (C=O) groups excluding carboxylic acids is 1. The van der Waals surface area contributed by atoms with Crippen molar-refractivity contribution >= 4 is 15.4 Å². The van der Waals surface area contributed by atoms with Crippen molar-refractivity contribution in [3.8, 4) is 0 Å². The number of hydrogen-bond acceptors (Lipinski definition) is 3. The summed E-state index contributed by atoms with van der Waals surface area (Å²) in [5.41, 5.74) is 0. The summed E-state index contributed by atoms with van der Waals surface area (Å²) in [6, 6.07) is 0. The minimum Gasteiger partial charge on any atom is -0.464 e. The maximum atomic E-state index is 11.4. The van der Waals surface area contributed by atoms with E-state index in [0.717, 1.165) is 12.8 Å². The zero-order valence-electron chi connectivity index (χ0n) is 16.9. The van der Waals surface area contributed by atoms with Gasteiger partial charge in [0.2, 0.25) is 0 Å². The largest absolute Gasteiger partial charge is 0.464 e. The third-order valence-electron chi connectivity index (χ3n) is 4.78. The number of ether oxygens (including phenoxy) is 1. The Labute approximate surface area is 159 Å². The molecule has 0 heterocycles. The topological polar surface area (TPSA) is 35.5 Å². The molecule has 0 rings (SSSR count). The number of hydrogen-bond donors (Lipinski definition) is 0. The van der Waals surface area contributed by atoms with Crippen LogP contribution in [0.5, 0.6) is 0 Å². The Hall–Kier alpha value is -0.140. The van der Waals surface area contributed by atoms with Gasteiger partial charge in [-0.3, -0.25) is 0 Å². The van der Waals surface area contributed by atoms with Gasteiger partial charge in [0.1, 0.15) is 0 Å². The highest BCUT2D eigenvalue weighted by Crippen LogP contribution is 2.13. The molecule has 4 heteroatoms. The second kappa shape index (κ2) is 20.2. The van der Waals surface area contributed by atoms with E-state index in [1.807, 2.05) is 0 Å². The van der Waals surface area contributed by atoms with Gasteiger partial charge in [0, 0.05) is 9.47 Å². The summed E-state index contributed by atoms with van der Waals surface area (Å²) < 4.78 is 9.97. The highest BCUT2D eigenvalue weighted by atomic mass is 31.0. The van der Waals surface area contributed by atoms with Crippen LogP contribution in [0.25, 0.3) is 0 Å². The van der Waals surface area contributed by atoms with Crippen LogP contribution in [-0.4, -0.2) is 18.7 Å². The molecule has 0 aromatic heterocycles. The molecule has 0 fully saturated rings. The molecule has 2 unspecified atom stereocenters. The number of esters is 1. The molecule has 25 heavy (non-hydrogen) atoms. The molecule has 150 valence electrons. The van der Waals surface area contributed by atoms with Crippen molar-refractivity contribution in [1.82, 2.24) is 0 Å². The van der Waals surface area contributed by atoms with Crippen molar-refractivity contribution in [2.75, 3.05) is 6.61 Å². The van der Waals surface area contributed by atoms with Gasteiger partial charge in [-0.05, 0) is 13.3 Å². The van der Waals surface area contributed by atoms with E-state index in [2.05, 4.69) is 16.4 Å². The van der Waals surface area contributed by atoms with Crippen LogP contribution in [0.3, 0.4) is 0 Å². The Morgan fingerprint density at radius 3 is 1.44 bits per heavy atom. The highest BCUT2D eigenvalue weighted by Gasteiger charge is 2.12. The molecule has 0 saturated heterocycles. The summed E-state index contributed by atoms with van der Waals surface area (Å²) >= 11 is 0. The van der Waals surface area contributed by atoms with Crippen LogP contribution in [0.15, 0.2) is 0 Å². The smallest absolute Gasteiger partial charge is 0.335 e. The fourth-order valence-electron chi connectivity index (χ4n) is 3.00. The first-order valence-corrected chi connectivity index (χ1v) is 11.2. The zero-order chi connectivity index (χ0) is 18.6. The van der Waals surface area contributed by atoms with E-state index in [4.69, 9.17) is 9.26 Å². The molecule has 3 nitrogen and oxygen atoms in total. The van der Waals surface area contributed by atoms with Crippen molar-refractivity contribution in [2.24, 2.45) is 0 Å². The molecule has 0 amide bonds. The highest BCUT2D eigenvalue weighted by molar-refractivity contribution is 7.09. The summed E-state index contributed by atoms with van der Waals surface area (Å²) in [7, 11) is 2.10. The maximum absolute atomic E-state index is 11.4. The third kappa shape index (κ3) is 18.4. The zero-order valence-corrected chi connectivity index (χ0v) is 18.1. The van der Waals surface area contributed by atoms with E-state index in [1.54, 1.807) is 6.92 Å². The average Bonchev–Trinajstić information content (AvgIpc) is 2.63. The molecular formula is C21H43O3P. The van der Waals surface area contributed by atoms with E-state index in [1.165, 1.54) is 89.9 Å². The van der Waals surface area contributed by atoms with Crippen molar-refractivity contribution in [1.29, 1.82) is 0 Å². The number of carbonyl (C=O) groups is 1. The predicted molar refractivity (Wildman–Crippen MR) is 111 cm³/mol.